The van der Waals surface area contributed by atoms with E-state index < -0.39 is 17.7 Å². The molecule has 18 heteroatoms. The second-order valence-corrected chi connectivity index (χ2v) is 21.1. The van der Waals surface area contributed by atoms with Crippen molar-refractivity contribution < 1.29 is 37.7 Å². The Morgan fingerprint density at radius 3 is 2.36 bits per heavy atom. The van der Waals surface area contributed by atoms with Gasteiger partial charge < -0.3 is 48.7 Å². The van der Waals surface area contributed by atoms with Crippen LogP contribution >= 0.6 is 0 Å². The number of carbonyl (C=O) groups is 3. The molecule has 1 saturated carbocycles. The van der Waals surface area contributed by atoms with E-state index in [9.17, 15) is 24.8 Å². The molecule has 16 nitrogen and oxygen atoms in total. The molecule has 5 aliphatic heterocycles. The number of piperazine rings is 2. The number of phenols is 1. The quantitative estimate of drug-likeness (QED) is 0.0635. The average molecular weight is 1010 g/mol. The van der Waals surface area contributed by atoms with Gasteiger partial charge in [0, 0.05) is 118 Å². The summed E-state index contributed by atoms with van der Waals surface area (Å²) in [7, 11) is 1.44. The van der Waals surface area contributed by atoms with Crippen molar-refractivity contribution in [2.24, 2.45) is 11.3 Å². The largest absolute Gasteiger partial charge is 0.508 e. The van der Waals surface area contributed by atoms with Gasteiger partial charge in [-0.1, -0.05) is 12.0 Å². The van der Waals surface area contributed by atoms with Crippen LogP contribution in [0.2, 0.25) is 0 Å². The van der Waals surface area contributed by atoms with Crippen molar-refractivity contribution in [3.8, 4) is 47.3 Å². The van der Waals surface area contributed by atoms with Gasteiger partial charge in [-0.3, -0.25) is 9.69 Å². The highest BCUT2D eigenvalue weighted by Gasteiger charge is 2.46. The summed E-state index contributed by atoms with van der Waals surface area (Å²) in [5, 5.41) is 21.3. The molecule has 6 aliphatic rings. The zero-order valence-electron chi connectivity index (χ0n) is 41.6. The van der Waals surface area contributed by atoms with Gasteiger partial charge in [-0.05, 0) is 98.2 Å². The summed E-state index contributed by atoms with van der Waals surface area (Å²) >= 11 is 0. The van der Waals surface area contributed by atoms with E-state index >= 15 is 8.78 Å². The van der Waals surface area contributed by atoms with Gasteiger partial charge in [0.15, 0.2) is 5.82 Å². The van der Waals surface area contributed by atoms with Crippen LogP contribution in [0.1, 0.15) is 72.9 Å². The van der Waals surface area contributed by atoms with Gasteiger partial charge in [0.2, 0.25) is 5.88 Å². The Bertz CT molecular complexity index is 3090. The highest BCUT2D eigenvalue weighted by Crippen LogP contribution is 2.48. The van der Waals surface area contributed by atoms with Gasteiger partial charge in [0.25, 0.3) is 5.91 Å². The van der Waals surface area contributed by atoms with Crippen molar-refractivity contribution in [3.05, 3.63) is 70.8 Å². The zero-order chi connectivity index (χ0) is 51.3. The number of amides is 1. The van der Waals surface area contributed by atoms with Crippen LogP contribution in [0.25, 0.3) is 32.9 Å². The number of hydrogen-bond donors (Lipinski definition) is 1. The molecular weight excluding hydrogens is 947 g/mol. The van der Waals surface area contributed by atoms with E-state index in [1.165, 1.54) is 31.4 Å². The first kappa shape index (κ1) is 49.2. The standard InChI is InChI=1S/C56H60F2N10O6/c1-3-43-46(57)11-6-36-26-42(71)27-45(47(36)43)50-49(58)51-48(53(60-50)73-2)52(66-30-39-7-8-40(31-66)67(39)19-16-59)62-55(61-51)74-34-56(14-15-56)33-64-22-20-63(21-23-64)28-35-12-17-65(18-13-35)38-9-10-44-37(25-38)29-68(54(44)72)41(32-70)5-4-24-69/h1,6,9-11,24-27,32,35,39-41,71H,4-5,7-8,12-15,17-23,28-31,33-34H2,2H3. The third-order valence-corrected chi connectivity index (χ3v) is 16.6. The number of aldehydes is 2. The van der Waals surface area contributed by atoms with E-state index in [0.717, 1.165) is 115 Å². The van der Waals surface area contributed by atoms with E-state index in [1.54, 1.807) is 4.90 Å². The average Bonchev–Trinajstić information content (AvgIpc) is 4.05. The lowest BCUT2D eigenvalue weighted by molar-refractivity contribution is -0.112. The molecule has 3 atom stereocenters. The fraction of sp³-hybridized carbons (Fsp3) is 0.482. The number of hydrogen-bond acceptors (Lipinski definition) is 15. The number of benzene rings is 3. The fourth-order valence-electron chi connectivity index (χ4n) is 12.4. The molecule has 2 bridgehead atoms. The van der Waals surface area contributed by atoms with Crippen LogP contribution in [0.4, 0.5) is 20.3 Å². The molecule has 5 fully saturated rings. The van der Waals surface area contributed by atoms with Gasteiger partial charge in [-0.25, -0.2) is 13.8 Å². The van der Waals surface area contributed by atoms with Crippen molar-refractivity contribution >= 4 is 51.7 Å². The Hall–Kier alpha value is -6.99. The molecule has 1 N–H and O–H groups in total. The maximum absolute atomic E-state index is 17.5. The minimum Gasteiger partial charge on any atom is -0.508 e. The van der Waals surface area contributed by atoms with Gasteiger partial charge in [0.05, 0.1) is 37.9 Å². The van der Waals surface area contributed by atoms with Crippen LogP contribution in [0, 0.1) is 46.6 Å². The van der Waals surface area contributed by atoms with Crippen LogP contribution in [-0.4, -0.2) is 162 Å². The molecule has 2 aromatic heterocycles. The van der Waals surface area contributed by atoms with E-state index in [1.807, 2.05) is 12.1 Å². The number of carbonyl (C=O) groups excluding carboxylic acids is 3. The second-order valence-electron chi connectivity index (χ2n) is 21.1. The number of terminal acetylenes is 1. The van der Waals surface area contributed by atoms with E-state index in [4.69, 9.17) is 25.9 Å². The van der Waals surface area contributed by atoms with Gasteiger partial charge in [0.1, 0.15) is 46.6 Å². The highest BCUT2D eigenvalue weighted by molar-refractivity contribution is 6.04. The van der Waals surface area contributed by atoms with E-state index in [2.05, 4.69) is 47.5 Å². The van der Waals surface area contributed by atoms with Gasteiger partial charge >= 0.3 is 6.01 Å². The first-order valence-corrected chi connectivity index (χ1v) is 25.9. The molecule has 5 aromatic rings. The molecule has 3 aromatic carbocycles. The Balaban J connectivity index is 0.761. The Morgan fingerprint density at radius 2 is 1.68 bits per heavy atom. The number of ether oxygens (including phenoxy) is 2. The third kappa shape index (κ3) is 9.33. The fourth-order valence-corrected chi connectivity index (χ4v) is 12.4. The maximum atomic E-state index is 17.5. The lowest BCUT2D eigenvalue weighted by Gasteiger charge is -2.40. The lowest BCUT2D eigenvalue weighted by atomic mass is 9.95. The molecule has 74 heavy (non-hydrogen) atoms. The summed E-state index contributed by atoms with van der Waals surface area (Å²) in [6.45, 7) is 9.75. The third-order valence-electron chi connectivity index (χ3n) is 16.6. The van der Waals surface area contributed by atoms with Crippen molar-refractivity contribution in [2.45, 2.75) is 76.0 Å². The number of anilines is 2. The summed E-state index contributed by atoms with van der Waals surface area (Å²) in [6, 6.07) is 13.4. The first-order chi connectivity index (χ1) is 36.0. The molecule has 1 aliphatic carbocycles. The SMILES string of the molecule is C#Cc1c(F)ccc2cc(O)cc(-c3nc(OC)c4c(N5CC6CCC(C5)N6CC#N)nc(OCC5(CN6CCN(CC7CCN(c8ccc9c(c8)CN(C(C=O)CCC=O)C9=O)CC7)CC6)CC5)nc4c3F)c12. The predicted molar refractivity (Wildman–Crippen MR) is 274 cm³/mol. The van der Waals surface area contributed by atoms with Crippen molar-refractivity contribution in [1.82, 2.24) is 34.6 Å². The van der Waals surface area contributed by atoms with Crippen molar-refractivity contribution in [2.75, 3.05) is 95.5 Å². The maximum Gasteiger partial charge on any atom is 0.319 e. The van der Waals surface area contributed by atoms with Gasteiger partial charge in [-0.2, -0.15) is 15.2 Å². The van der Waals surface area contributed by atoms with Crippen LogP contribution in [0.3, 0.4) is 0 Å². The molecule has 11 rings (SSSR count). The van der Waals surface area contributed by atoms with Gasteiger partial charge in [-0.15, -0.1) is 6.42 Å². The Labute approximate surface area is 428 Å². The highest BCUT2D eigenvalue weighted by atomic mass is 19.1. The molecular formula is C56H60F2N10O6. The Kier molecular flexibility index (Phi) is 13.6. The number of nitriles is 1. The van der Waals surface area contributed by atoms with Crippen LogP contribution in [0.5, 0.6) is 17.6 Å². The van der Waals surface area contributed by atoms with Crippen molar-refractivity contribution in [3.63, 3.8) is 0 Å². The molecule has 7 heterocycles. The summed E-state index contributed by atoms with van der Waals surface area (Å²) in [4.78, 5) is 63.7. The predicted octanol–water partition coefficient (Wildman–Crippen LogP) is 6.19. The minimum atomic E-state index is -0.825. The molecule has 0 radical (unpaired) electrons. The monoisotopic (exact) mass is 1010 g/mol. The summed E-state index contributed by atoms with van der Waals surface area (Å²) < 4.78 is 45.2. The van der Waals surface area contributed by atoms with E-state index in [-0.39, 0.29) is 80.6 Å². The summed E-state index contributed by atoms with van der Waals surface area (Å²) in [5.41, 5.74) is 2.22. The number of fused-ring (bicyclic) bond motifs is 5. The minimum absolute atomic E-state index is 0.0173. The zero-order valence-corrected chi connectivity index (χ0v) is 41.6. The van der Waals surface area contributed by atoms with E-state index in [0.29, 0.717) is 61.9 Å². The molecule has 384 valence electrons. The summed E-state index contributed by atoms with van der Waals surface area (Å²) in [6.07, 6.45) is 13.9. The van der Waals surface area contributed by atoms with Crippen LogP contribution < -0.4 is 19.3 Å². The Morgan fingerprint density at radius 1 is 0.919 bits per heavy atom. The molecule has 4 saturated heterocycles. The number of aromatic nitrogens is 3. The molecule has 1 amide bonds. The number of pyridine rings is 1. The number of piperidine rings is 1. The molecule has 0 spiro atoms. The summed E-state index contributed by atoms with van der Waals surface area (Å²) in [5.74, 6) is 1.63. The lowest BCUT2D eigenvalue weighted by Crippen LogP contribution is -2.54. The second kappa shape index (κ2) is 20.4. The number of halogens is 2. The van der Waals surface area contributed by atoms with Crippen molar-refractivity contribution in [1.29, 1.82) is 5.26 Å². The van der Waals surface area contributed by atoms with Crippen LogP contribution in [-0.2, 0) is 16.1 Å². The number of methoxy groups -OCH3 is 1. The number of aromatic hydroxyl groups is 1. The molecule has 3 unspecified atom stereocenters. The number of nitrogens with zero attached hydrogens (tertiary/aromatic N) is 10. The number of phenolic OH excluding ortho intramolecular Hbond substituents is 1. The number of rotatable bonds is 17. The smallest absolute Gasteiger partial charge is 0.319 e. The van der Waals surface area contributed by atoms with Crippen LogP contribution in [0.15, 0.2) is 42.5 Å². The first-order valence-electron chi connectivity index (χ1n) is 25.9. The topological polar surface area (TPSA) is 172 Å². The normalized spacial score (nSPS) is 21.4.